The minimum atomic E-state index is -4.56. The fourth-order valence-corrected chi connectivity index (χ4v) is 2.33. The van der Waals surface area contributed by atoms with Crippen molar-refractivity contribution in [2.75, 3.05) is 13.2 Å². The Labute approximate surface area is 164 Å². The van der Waals surface area contributed by atoms with E-state index in [4.69, 9.17) is 4.74 Å². The number of carbonyl (C=O) groups excluding carboxylic acids is 2. The van der Waals surface area contributed by atoms with Crippen LogP contribution in [0.25, 0.3) is 5.69 Å². The predicted octanol–water partition coefficient (Wildman–Crippen LogP) is 2.49. The van der Waals surface area contributed by atoms with Gasteiger partial charge in [-0.1, -0.05) is 19.9 Å². The van der Waals surface area contributed by atoms with Crippen molar-refractivity contribution in [1.29, 1.82) is 0 Å². The van der Waals surface area contributed by atoms with E-state index in [0.29, 0.717) is 6.54 Å². The lowest BCUT2D eigenvalue weighted by Crippen LogP contribution is -2.33. The summed E-state index contributed by atoms with van der Waals surface area (Å²) in [5, 5.41) is 6.39. The first-order chi connectivity index (χ1) is 13.5. The highest BCUT2D eigenvalue weighted by molar-refractivity contribution is 5.89. The molecule has 156 valence electrons. The third kappa shape index (κ3) is 5.90. The van der Waals surface area contributed by atoms with Gasteiger partial charge in [0.1, 0.15) is 0 Å². The minimum absolute atomic E-state index is 0.0149. The zero-order valence-electron chi connectivity index (χ0n) is 16.0. The number of hydrogen-bond donors (Lipinski definition) is 1. The molecular weight excluding hydrogens is 391 g/mol. The average molecular weight is 411 g/mol. The highest BCUT2D eigenvalue weighted by Crippen LogP contribution is 2.30. The number of nitrogens with zero attached hydrogens (tertiary/aromatic N) is 2. The largest absolute Gasteiger partial charge is 0.451 e. The lowest BCUT2D eigenvalue weighted by Gasteiger charge is -2.13. The summed E-state index contributed by atoms with van der Waals surface area (Å²) in [7, 11) is 0. The van der Waals surface area contributed by atoms with Crippen molar-refractivity contribution in [2.45, 2.75) is 26.9 Å². The molecule has 1 aromatic carbocycles. The summed E-state index contributed by atoms with van der Waals surface area (Å²) in [5.41, 5.74) is -2.06. The Morgan fingerprint density at radius 1 is 1.24 bits per heavy atom. The van der Waals surface area contributed by atoms with Crippen molar-refractivity contribution >= 4 is 11.9 Å². The second-order valence-corrected chi connectivity index (χ2v) is 6.73. The first-order valence-corrected chi connectivity index (χ1v) is 8.71. The summed E-state index contributed by atoms with van der Waals surface area (Å²) in [4.78, 5) is 35.9. The van der Waals surface area contributed by atoms with Crippen molar-refractivity contribution in [3.63, 3.8) is 0 Å². The molecule has 0 saturated heterocycles. The van der Waals surface area contributed by atoms with Crippen molar-refractivity contribution in [2.24, 2.45) is 5.92 Å². The van der Waals surface area contributed by atoms with Gasteiger partial charge in [0.15, 0.2) is 6.61 Å². The molecule has 0 saturated carbocycles. The van der Waals surface area contributed by atoms with Crippen molar-refractivity contribution in [3.8, 4) is 5.69 Å². The molecule has 0 aliphatic rings. The van der Waals surface area contributed by atoms with Crippen molar-refractivity contribution < 1.29 is 27.5 Å². The summed E-state index contributed by atoms with van der Waals surface area (Å²) in [6.07, 6.45) is -4.56. The average Bonchev–Trinajstić information content (AvgIpc) is 2.64. The van der Waals surface area contributed by atoms with E-state index in [-0.39, 0.29) is 17.3 Å². The molecule has 0 aliphatic heterocycles. The summed E-state index contributed by atoms with van der Waals surface area (Å²) in [6, 6.07) is 5.34. The van der Waals surface area contributed by atoms with Crippen LogP contribution >= 0.6 is 0 Å². The maximum atomic E-state index is 13.0. The summed E-state index contributed by atoms with van der Waals surface area (Å²) in [6.45, 7) is 5.02. The summed E-state index contributed by atoms with van der Waals surface area (Å²) < 4.78 is 44.7. The van der Waals surface area contributed by atoms with E-state index in [1.54, 1.807) is 0 Å². The van der Waals surface area contributed by atoms with Gasteiger partial charge in [0.05, 0.1) is 11.3 Å². The summed E-state index contributed by atoms with van der Waals surface area (Å²) >= 11 is 0. The van der Waals surface area contributed by atoms with Gasteiger partial charge < -0.3 is 10.1 Å². The topological polar surface area (TPSA) is 90.3 Å². The predicted molar refractivity (Wildman–Crippen MR) is 97.7 cm³/mol. The van der Waals surface area contributed by atoms with Gasteiger partial charge >= 0.3 is 12.1 Å². The molecule has 0 bridgehead atoms. The molecule has 1 aromatic heterocycles. The fraction of sp³-hybridized carbons (Fsp3) is 0.368. The van der Waals surface area contributed by atoms with Gasteiger partial charge in [0.25, 0.3) is 5.91 Å². The van der Waals surface area contributed by atoms with E-state index >= 15 is 0 Å². The van der Waals surface area contributed by atoms with E-state index in [9.17, 15) is 27.6 Å². The van der Waals surface area contributed by atoms with E-state index in [2.05, 4.69) is 10.4 Å². The molecular formula is C19H20F3N3O4. The van der Waals surface area contributed by atoms with Gasteiger partial charge in [0, 0.05) is 18.3 Å². The number of aromatic nitrogens is 2. The van der Waals surface area contributed by atoms with Gasteiger partial charge in [-0.15, -0.1) is 0 Å². The number of esters is 1. The normalized spacial score (nSPS) is 11.4. The van der Waals surface area contributed by atoms with Gasteiger partial charge in [-0.05, 0) is 31.0 Å². The molecule has 2 rings (SSSR count). The second kappa shape index (κ2) is 8.89. The lowest BCUT2D eigenvalue weighted by atomic mass is 10.2. The Morgan fingerprint density at radius 2 is 1.93 bits per heavy atom. The van der Waals surface area contributed by atoms with Crippen LogP contribution in [-0.4, -0.2) is 34.8 Å². The van der Waals surface area contributed by atoms with Crippen LogP contribution in [0.4, 0.5) is 13.2 Å². The number of nitrogens with one attached hydrogen (secondary N) is 1. The van der Waals surface area contributed by atoms with Gasteiger partial charge in [-0.3, -0.25) is 9.59 Å². The number of aryl methyl sites for hydroxylation is 1. The molecule has 1 heterocycles. The molecule has 10 heteroatoms. The Kier molecular flexibility index (Phi) is 6.78. The number of carbonyl (C=O) groups is 2. The Morgan fingerprint density at radius 3 is 2.55 bits per heavy atom. The van der Waals surface area contributed by atoms with E-state index < -0.39 is 41.3 Å². The Hall–Kier alpha value is -3.17. The van der Waals surface area contributed by atoms with Crippen LogP contribution in [0.1, 0.15) is 35.6 Å². The van der Waals surface area contributed by atoms with E-state index in [0.717, 1.165) is 22.9 Å². The quantitative estimate of drug-likeness (QED) is 0.738. The molecule has 0 fully saturated rings. The second-order valence-electron chi connectivity index (χ2n) is 6.73. The standard InChI is InChI=1S/C19H20F3N3O4/c1-11(2)9-23-16(27)10-29-18(28)17-15(26)7-12(3)25(24-17)14-6-4-5-13(8-14)19(20,21)22/h4-8,11H,9-10H2,1-3H3,(H,23,27). The lowest BCUT2D eigenvalue weighted by molar-refractivity contribution is -0.137. The number of benzene rings is 1. The van der Waals surface area contributed by atoms with Gasteiger partial charge in [0.2, 0.25) is 11.1 Å². The van der Waals surface area contributed by atoms with Crippen molar-refractivity contribution in [3.05, 3.63) is 57.5 Å². The molecule has 0 atom stereocenters. The summed E-state index contributed by atoms with van der Waals surface area (Å²) in [5.74, 6) is -1.49. The molecule has 0 unspecified atom stereocenters. The van der Waals surface area contributed by atoms with Crippen LogP contribution < -0.4 is 10.7 Å². The smallest absolute Gasteiger partial charge is 0.416 e. The number of ether oxygens (including phenoxy) is 1. The highest BCUT2D eigenvalue weighted by atomic mass is 19.4. The molecule has 1 amide bonds. The monoisotopic (exact) mass is 411 g/mol. The third-order valence-electron chi connectivity index (χ3n) is 3.76. The van der Waals surface area contributed by atoms with Gasteiger partial charge in [-0.2, -0.15) is 18.3 Å². The van der Waals surface area contributed by atoms with Crippen LogP contribution in [0.2, 0.25) is 0 Å². The Balaban J connectivity index is 2.27. The number of alkyl halides is 3. The third-order valence-corrected chi connectivity index (χ3v) is 3.76. The zero-order chi connectivity index (χ0) is 21.8. The highest BCUT2D eigenvalue weighted by Gasteiger charge is 2.30. The molecule has 1 N–H and O–H groups in total. The number of amides is 1. The molecule has 7 nitrogen and oxygen atoms in total. The minimum Gasteiger partial charge on any atom is -0.451 e. The van der Waals surface area contributed by atoms with Crippen LogP contribution in [0.3, 0.4) is 0 Å². The van der Waals surface area contributed by atoms with Crippen LogP contribution in [0, 0.1) is 12.8 Å². The van der Waals surface area contributed by atoms with Crippen LogP contribution in [0.5, 0.6) is 0 Å². The molecule has 0 aliphatic carbocycles. The van der Waals surface area contributed by atoms with Crippen LogP contribution in [-0.2, 0) is 15.7 Å². The molecule has 0 radical (unpaired) electrons. The number of rotatable bonds is 6. The maximum absolute atomic E-state index is 13.0. The van der Waals surface area contributed by atoms with E-state index in [1.165, 1.54) is 19.1 Å². The zero-order valence-corrected chi connectivity index (χ0v) is 16.0. The van der Waals surface area contributed by atoms with E-state index in [1.807, 2.05) is 13.8 Å². The Bertz CT molecular complexity index is 968. The molecule has 2 aromatic rings. The van der Waals surface area contributed by atoms with Crippen LogP contribution in [0.15, 0.2) is 35.1 Å². The maximum Gasteiger partial charge on any atom is 0.416 e. The first kappa shape index (κ1) is 22.1. The number of halogens is 3. The fourth-order valence-electron chi connectivity index (χ4n) is 2.33. The molecule has 0 spiro atoms. The number of hydrogen-bond acceptors (Lipinski definition) is 5. The van der Waals surface area contributed by atoms with Gasteiger partial charge in [-0.25, -0.2) is 9.48 Å². The first-order valence-electron chi connectivity index (χ1n) is 8.71. The molecule has 29 heavy (non-hydrogen) atoms. The van der Waals surface area contributed by atoms with Crippen molar-refractivity contribution in [1.82, 2.24) is 15.1 Å². The SMILES string of the molecule is Cc1cc(=O)c(C(=O)OCC(=O)NCC(C)C)nn1-c1cccc(C(F)(F)F)c1.